The Balaban J connectivity index is 2.17. The number of carbonyl (C=O) groups excluding carboxylic acids is 1. The van der Waals surface area contributed by atoms with Gasteiger partial charge >= 0.3 is 12.0 Å². The average Bonchev–Trinajstić information content (AvgIpc) is 2.45. The number of nitrogens with zero attached hydrogens (tertiary/aromatic N) is 1. The minimum absolute atomic E-state index is 0.324. The van der Waals surface area contributed by atoms with E-state index in [9.17, 15) is 9.59 Å². The van der Waals surface area contributed by atoms with Crippen molar-refractivity contribution in [3.05, 3.63) is 29.8 Å². The fourth-order valence-corrected chi connectivity index (χ4v) is 2.76. The van der Waals surface area contributed by atoms with Crippen LogP contribution in [0.5, 0.6) is 0 Å². The van der Waals surface area contributed by atoms with Gasteiger partial charge < -0.3 is 10.4 Å². The smallest absolute Gasteiger partial charge is 0.326 e. The van der Waals surface area contributed by atoms with Crippen molar-refractivity contribution in [2.75, 3.05) is 11.4 Å². The number of amides is 2. The number of hydrogen-bond acceptors (Lipinski definition) is 2. The van der Waals surface area contributed by atoms with Gasteiger partial charge in [0.2, 0.25) is 0 Å². The van der Waals surface area contributed by atoms with Gasteiger partial charge in [0, 0.05) is 12.2 Å². The van der Waals surface area contributed by atoms with Crippen molar-refractivity contribution in [2.45, 2.75) is 39.2 Å². The molecule has 1 aliphatic rings. The molecule has 0 fully saturated rings. The molecule has 2 rings (SSSR count). The molecule has 5 heteroatoms. The van der Waals surface area contributed by atoms with Crippen LogP contribution in [0.4, 0.5) is 10.5 Å². The molecule has 5 nitrogen and oxygen atoms in total. The molecule has 1 aromatic rings. The zero-order valence-electron chi connectivity index (χ0n) is 12.5. The molecule has 1 aromatic carbocycles. The van der Waals surface area contributed by atoms with Gasteiger partial charge in [-0.1, -0.05) is 38.5 Å². The van der Waals surface area contributed by atoms with Gasteiger partial charge in [0.05, 0.1) is 0 Å². The van der Waals surface area contributed by atoms with Crippen LogP contribution in [0.3, 0.4) is 0 Å². The first kappa shape index (κ1) is 15.4. The van der Waals surface area contributed by atoms with E-state index in [1.807, 2.05) is 31.2 Å². The maximum absolute atomic E-state index is 12.4. The summed E-state index contributed by atoms with van der Waals surface area (Å²) in [7, 11) is 0. The quantitative estimate of drug-likeness (QED) is 0.895. The number of benzene rings is 1. The topological polar surface area (TPSA) is 69.6 Å². The molecule has 0 spiro atoms. The van der Waals surface area contributed by atoms with Crippen LogP contribution < -0.4 is 10.2 Å². The third-order valence-corrected chi connectivity index (χ3v) is 3.76. The van der Waals surface area contributed by atoms with E-state index in [1.54, 1.807) is 4.90 Å². The molecule has 21 heavy (non-hydrogen) atoms. The van der Waals surface area contributed by atoms with Gasteiger partial charge in [0.15, 0.2) is 0 Å². The molecule has 114 valence electrons. The number of fused-ring (bicyclic) bond motifs is 1. The van der Waals surface area contributed by atoms with Crippen molar-refractivity contribution < 1.29 is 14.7 Å². The van der Waals surface area contributed by atoms with Crippen molar-refractivity contribution in [2.24, 2.45) is 5.92 Å². The number of rotatable bonds is 4. The minimum Gasteiger partial charge on any atom is -0.480 e. The van der Waals surface area contributed by atoms with E-state index in [4.69, 9.17) is 5.11 Å². The molecule has 0 bridgehead atoms. The average molecular weight is 290 g/mol. The lowest BCUT2D eigenvalue weighted by molar-refractivity contribution is -0.139. The van der Waals surface area contributed by atoms with Crippen molar-refractivity contribution in [1.82, 2.24) is 5.32 Å². The van der Waals surface area contributed by atoms with Gasteiger partial charge in [-0.25, -0.2) is 9.59 Å². The van der Waals surface area contributed by atoms with Crippen molar-refractivity contribution in [3.8, 4) is 0 Å². The lowest BCUT2D eigenvalue weighted by atomic mass is 9.94. The van der Waals surface area contributed by atoms with E-state index in [2.05, 4.69) is 12.2 Å². The number of urea groups is 1. The Kier molecular flexibility index (Phi) is 4.83. The molecule has 0 saturated heterocycles. The highest BCUT2D eigenvalue weighted by atomic mass is 16.4. The molecular formula is C16H22N2O3. The SMILES string of the molecule is CCC[C@@H](NC(=O)N1CC(C)Cc2ccccc21)C(=O)O. The Bertz CT molecular complexity index is 530. The monoisotopic (exact) mass is 290 g/mol. The second-order valence-electron chi connectivity index (χ2n) is 5.68. The predicted octanol–water partition coefficient (Wildman–Crippen LogP) is 2.65. The number of hydrogen-bond donors (Lipinski definition) is 2. The fraction of sp³-hybridized carbons (Fsp3) is 0.500. The van der Waals surface area contributed by atoms with Crippen LogP contribution in [0.15, 0.2) is 24.3 Å². The van der Waals surface area contributed by atoms with E-state index in [1.165, 1.54) is 0 Å². The maximum Gasteiger partial charge on any atom is 0.326 e. The standard InChI is InChI=1S/C16H22N2O3/c1-3-6-13(15(19)20)17-16(21)18-10-11(2)9-12-7-4-5-8-14(12)18/h4-5,7-8,11,13H,3,6,9-10H2,1-2H3,(H,17,21)(H,19,20)/t11?,13-/m1/s1. The Morgan fingerprint density at radius 1 is 1.43 bits per heavy atom. The van der Waals surface area contributed by atoms with E-state index in [-0.39, 0.29) is 6.03 Å². The highest BCUT2D eigenvalue weighted by Gasteiger charge is 2.28. The molecule has 0 aliphatic carbocycles. The third kappa shape index (κ3) is 3.54. The molecule has 0 radical (unpaired) electrons. The van der Waals surface area contributed by atoms with Gasteiger partial charge in [0.25, 0.3) is 0 Å². The summed E-state index contributed by atoms with van der Waals surface area (Å²) in [4.78, 5) is 25.3. The molecular weight excluding hydrogens is 268 g/mol. The number of nitrogens with one attached hydrogen (secondary N) is 1. The van der Waals surface area contributed by atoms with Gasteiger partial charge in [-0.05, 0) is 30.4 Å². The maximum atomic E-state index is 12.4. The summed E-state index contributed by atoms with van der Waals surface area (Å²) in [5, 5.41) is 11.8. The number of aliphatic carboxylic acids is 1. The lowest BCUT2D eigenvalue weighted by Crippen LogP contribution is -2.50. The van der Waals surface area contributed by atoms with Crippen molar-refractivity contribution in [1.29, 1.82) is 0 Å². The van der Waals surface area contributed by atoms with E-state index in [0.29, 0.717) is 25.3 Å². The molecule has 1 aliphatic heterocycles. The normalized spacial score (nSPS) is 18.8. The number of para-hydroxylation sites is 1. The van der Waals surface area contributed by atoms with Crippen LogP contribution in [0.2, 0.25) is 0 Å². The lowest BCUT2D eigenvalue weighted by Gasteiger charge is -2.33. The summed E-state index contributed by atoms with van der Waals surface area (Å²) in [5.41, 5.74) is 2.02. The number of anilines is 1. The van der Waals surface area contributed by atoms with Crippen molar-refractivity contribution in [3.63, 3.8) is 0 Å². The molecule has 0 saturated carbocycles. The first-order valence-corrected chi connectivity index (χ1v) is 7.41. The molecule has 2 atom stereocenters. The van der Waals surface area contributed by atoms with Gasteiger partial charge in [-0.3, -0.25) is 4.90 Å². The highest BCUT2D eigenvalue weighted by Crippen LogP contribution is 2.29. The van der Waals surface area contributed by atoms with Crippen LogP contribution in [0, 0.1) is 5.92 Å². The van der Waals surface area contributed by atoms with E-state index < -0.39 is 12.0 Å². The summed E-state index contributed by atoms with van der Waals surface area (Å²) in [6.45, 7) is 4.61. The molecule has 0 aromatic heterocycles. The fourth-order valence-electron chi connectivity index (χ4n) is 2.76. The summed E-state index contributed by atoms with van der Waals surface area (Å²) in [6.07, 6.45) is 2.09. The second kappa shape index (κ2) is 6.61. The first-order valence-electron chi connectivity index (χ1n) is 7.41. The zero-order valence-corrected chi connectivity index (χ0v) is 12.5. The third-order valence-electron chi connectivity index (χ3n) is 3.76. The van der Waals surface area contributed by atoms with Gasteiger partial charge in [-0.2, -0.15) is 0 Å². The second-order valence-corrected chi connectivity index (χ2v) is 5.68. The summed E-state index contributed by atoms with van der Waals surface area (Å²) in [6, 6.07) is 6.64. The van der Waals surface area contributed by atoms with Crippen LogP contribution >= 0.6 is 0 Å². The first-order chi connectivity index (χ1) is 10.0. The van der Waals surface area contributed by atoms with E-state index in [0.717, 1.165) is 17.7 Å². The van der Waals surface area contributed by atoms with Crippen molar-refractivity contribution >= 4 is 17.7 Å². The van der Waals surface area contributed by atoms with Gasteiger partial charge in [-0.15, -0.1) is 0 Å². The Hall–Kier alpha value is -2.04. The van der Waals surface area contributed by atoms with Crippen LogP contribution in [0.1, 0.15) is 32.3 Å². The Morgan fingerprint density at radius 2 is 2.14 bits per heavy atom. The number of carboxylic acids is 1. The van der Waals surface area contributed by atoms with E-state index >= 15 is 0 Å². The van der Waals surface area contributed by atoms with Crippen LogP contribution in [-0.4, -0.2) is 29.7 Å². The molecule has 1 heterocycles. The number of carboxylic acid groups (broad SMARTS) is 1. The van der Waals surface area contributed by atoms with Crippen LogP contribution in [0.25, 0.3) is 0 Å². The van der Waals surface area contributed by atoms with Crippen LogP contribution in [-0.2, 0) is 11.2 Å². The zero-order chi connectivity index (χ0) is 15.4. The summed E-state index contributed by atoms with van der Waals surface area (Å²) >= 11 is 0. The molecule has 2 amide bonds. The number of carbonyl (C=O) groups is 2. The minimum atomic E-state index is -0.983. The molecule has 2 N–H and O–H groups in total. The predicted molar refractivity (Wildman–Crippen MR) is 81.5 cm³/mol. The summed E-state index contributed by atoms with van der Waals surface area (Å²) < 4.78 is 0. The highest BCUT2D eigenvalue weighted by molar-refractivity contribution is 5.95. The summed E-state index contributed by atoms with van der Waals surface area (Å²) in [5.74, 6) is -0.622. The Labute approximate surface area is 125 Å². The molecule has 1 unspecified atom stereocenters. The Morgan fingerprint density at radius 3 is 2.81 bits per heavy atom. The van der Waals surface area contributed by atoms with Gasteiger partial charge in [0.1, 0.15) is 6.04 Å². The largest absolute Gasteiger partial charge is 0.480 e.